The Balaban J connectivity index is 1.55. The second-order valence-corrected chi connectivity index (χ2v) is 6.54. The highest BCUT2D eigenvalue weighted by Crippen LogP contribution is 2.33. The van der Waals surface area contributed by atoms with Gasteiger partial charge in [-0.2, -0.15) is 13.2 Å². The second-order valence-electron chi connectivity index (χ2n) is 5.57. The van der Waals surface area contributed by atoms with Crippen LogP contribution in [0, 0.1) is 0 Å². The van der Waals surface area contributed by atoms with Crippen LogP contribution >= 0.6 is 11.8 Å². The molecule has 25 heavy (non-hydrogen) atoms. The Morgan fingerprint density at radius 3 is 2.68 bits per heavy atom. The number of amidine groups is 1. The molecule has 1 aliphatic rings. The van der Waals surface area contributed by atoms with Crippen LogP contribution in [0.25, 0.3) is 0 Å². The first-order valence-corrected chi connectivity index (χ1v) is 8.68. The largest absolute Gasteiger partial charge is 0.416 e. The number of nitrogens with one attached hydrogen (secondary N) is 1. The molecule has 0 bridgehead atoms. The minimum atomic E-state index is -4.33. The van der Waals surface area contributed by atoms with Crippen LogP contribution in [0.2, 0.25) is 0 Å². The van der Waals surface area contributed by atoms with Gasteiger partial charge in [-0.1, -0.05) is 36.0 Å². The number of pyridine rings is 1. The predicted octanol–water partition coefficient (Wildman–Crippen LogP) is 3.71. The topological polar surface area (TPSA) is 40.5 Å². The molecule has 1 aliphatic heterocycles. The minimum absolute atomic E-state index is 0.226. The Morgan fingerprint density at radius 1 is 1.16 bits per heavy atom. The molecule has 0 aliphatic carbocycles. The highest BCUT2D eigenvalue weighted by Gasteiger charge is 2.32. The van der Waals surface area contributed by atoms with E-state index < -0.39 is 11.7 Å². The zero-order valence-electron chi connectivity index (χ0n) is 13.3. The molecule has 0 unspecified atom stereocenters. The third kappa shape index (κ3) is 4.96. The number of halogens is 3. The van der Waals surface area contributed by atoms with Crippen LogP contribution in [0.4, 0.5) is 13.2 Å². The normalized spacial score (nSPS) is 15.6. The fourth-order valence-corrected chi connectivity index (χ4v) is 3.33. The van der Waals surface area contributed by atoms with E-state index in [1.54, 1.807) is 12.3 Å². The van der Waals surface area contributed by atoms with Crippen LogP contribution in [0.15, 0.2) is 53.8 Å². The summed E-state index contributed by atoms with van der Waals surface area (Å²) in [7, 11) is 0. The number of aliphatic imine (C=N–C) groups is 1. The van der Waals surface area contributed by atoms with Crippen LogP contribution in [0.1, 0.15) is 16.7 Å². The smallest absolute Gasteiger partial charge is 0.352 e. The van der Waals surface area contributed by atoms with Crippen LogP contribution in [-0.2, 0) is 18.5 Å². The monoisotopic (exact) mass is 366 g/mol. The Hall–Kier alpha value is -2.06. The van der Waals surface area contributed by atoms with Gasteiger partial charge in [0.2, 0.25) is 0 Å². The third-order valence-electron chi connectivity index (χ3n) is 3.68. The number of aromatic nitrogens is 1. The molecule has 2 heterocycles. The van der Waals surface area contributed by atoms with Crippen molar-refractivity contribution in [1.82, 2.24) is 15.2 Å². The van der Waals surface area contributed by atoms with E-state index in [2.05, 4.69) is 20.2 Å². The lowest BCUT2D eigenvalue weighted by molar-refractivity contribution is -0.138. The number of hydrogen-bond donors (Lipinski definition) is 1. The summed E-state index contributed by atoms with van der Waals surface area (Å²) in [6.45, 7) is 1.83. The number of benzene rings is 1. The van der Waals surface area contributed by atoms with Crippen molar-refractivity contribution in [1.29, 1.82) is 0 Å². The lowest BCUT2D eigenvalue weighted by atomic mass is 10.1. The van der Waals surface area contributed by atoms with Gasteiger partial charge in [0.15, 0.2) is 5.17 Å². The first-order chi connectivity index (χ1) is 12.0. The van der Waals surface area contributed by atoms with Gasteiger partial charge < -0.3 is 5.32 Å². The van der Waals surface area contributed by atoms with Crippen molar-refractivity contribution in [3.05, 3.63) is 65.5 Å². The maximum Gasteiger partial charge on any atom is 0.416 e. The molecular formula is C17H17F3N4S. The molecular weight excluding hydrogens is 349 g/mol. The Morgan fingerprint density at radius 2 is 2.00 bits per heavy atom. The molecule has 0 fully saturated rings. The number of hydrogen-bond acceptors (Lipinski definition) is 5. The Bertz CT molecular complexity index is 734. The number of nitrogens with zero attached hydrogens (tertiary/aromatic N) is 3. The van der Waals surface area contributed by atoms with E-state index in [0.717, 1.165) is 18.2 Å². The Kier molecular flexibility index (Phi) is 5.60. The molecule has 0 saturated carbocycles. The van der Waals surface area contributed by atoms with Gasteiger partial charge in [-0.25, -0.2) is 4.99 Å². The molecule has 132 valence electrons. The van der Waals surface area contributed by atoms with Crippen LogP contribution in [0.5, 0.6) is 0 Å². The van der Waals surface area contributed by atoms with Crippen molar-refractivity contribution in [2.24, 2.45) is 4.99 Å². The van der Waals surface area contributed by atoms with Crippen molar-refractivity contribution >= 4 is 16.9 Å². The summed E-state index contributed by atoms with van der Waals surface area (Å²) in [5.41, 5.74) is 0.772. The minimum Gasteiger partial charge on any atom is -0.352 e. The molecule has 3 rings (SSSR count). The summed E-state index contributed by atoms with van der Waals surface area (Å²) in [6.07, 6.45) is -0.800. The van der Waals surface area contributed by atoms with Gasteiger partial charge in [0.25, 0.3) is 0 Å². The van der Waals surface area contributed by atoms with Gasteiger partial charge >= 0.3 is 6.18 Å². The average molecular weight is 366 g/mol. The van der Waals surface area contributed by atoms with E-state index in [4.69, 9.17) is 0 Å². The van der Waals surface area contributed by atoms with E-state index in [1.165, 1.54) is 23.9 Å². The third-order valence-corrected chi connectivity index (χ3v) is 4.69. The average Bonchev–Trinajstić information content (AvgIpc) is 2.61. The fourth-order valence-electron chi connectivity index (χ4n) is 2.47. The lowest BCUT2D eigenvalue weighted by Gasteiger charge is -2.26. The highest BCUT2D eigenvalue weighted by atomic mass is 32.2. The molecule has 0 radical (unpaired) electrons. The lowest BCUT2D eigenvalue weighted by Crippen LogP contribution is -2.41. The highest BCUT2D eigenvalue weighted by molar-refractivity contribution is 8.13. The second kappa shape index (κ2) is 7.88. The van der Waals surface area contributed by atoms with Crippen molar-refractivity contribution < 1.29 is 13.2 Å². The quantitative estimate of drug-likeness (QED) is 0.896. The summed E-state index contributed by atoms with van der Waals surface area (Å²) in [4.78, 5) is 10.6. The fraction of sp³-hybridized carbons (Fsp3) is 0.294. The van der Waals surface area contributed by atoms with Crippen molar-refractivity contribution in [3.8, 4) is 0 Å². The molecule has 4 nitrogen and oxygen atoms in total. The van der Waals surface area contributed by atoms with Crippen molar-refractivity contribution in [3.63, 3.8) is 0 Å². The maximum atomic E-state index is 13.0. The standard InChI is InChI=1S/C17H17F3N4S/c18-17(19,20)15-6-2-1-5-14(15)10-25-16-22-11-24(12-23-16)9-13-4-3-7-21-8-13/h1-8H,9-12H2,(H,22,23). The molecule has 8 heteroatoms. The van der Waals surface area contributed by atoms with E-state index in [-0.39, 0.29) is 11.3 Å². The first-order valence-electron chi connectivity index (χ1n) is 7.70. The summed E-state index contributed by atoms with van der Waals surface area (Å²) in [5, 5.41) is 3.82. The number of thioether (sulfide) groups is 1. The number of alkyl halides is 3. The molecule has 0 spiro atoms. The molecule has 0 amide bonds. The van der Waals surface area contributed by atoms with Crippen LogP contribution in [0.3, 0.4) is 0 Å². The molecule has 2 aromatic rings. The summed E-state index contributed by atoms with van der Waals surface area (Å²) in [6, 6.07) is 9.53. The zero-order chi connectivity index (χ0) is 17.7. The van der Waals surface area contributed by atoms with Gasteiger partial charge in [-0.3, -0.25) is 9.88 Å². The molecule has 0 atom stereocenters. The zero-order valence-corrected chi connectivity index (χ0v) is 14.1. The molecule has 1 aromatic heterocycles. The molecule has 1 aromatic carbocycles. The molecule has 0 saturated heterocycles. The summed E-state index contributed by atoms with van der Waals surface area (Å²) in [5.74, 6) is 0.226. The Labute approximate surface area is 148 Å². The van der Waals surface area contributed by atoms with Crippen LogP contribution < -0.4 is 5.32 Å². The van der Waals surface area contributed by atoms with E-state index in [9.17, 15) is 13.2 Å². The summed E-state index contributed by atoms with van der Waals surface area (Å²) >= 11 is 1.29. The van der Waals surface area contributed by atoms with E-state index in [1.807, 2.05) is 18.3 Å². The van der Waals surface area contributed by atoms with Gasteiger partial charge in [0.1, 0.15) is 0 Å². The molecule has 1 N–H and O–H groups in total. The van der Waals surface area contributed by atoms with Gasteiger partial charge in [0.05, 0.1) is 18.9 Å². The van der Waals surface area contributed by atoms with Crippen molar-refractivity contribution in [2.45, 2.75) is 18.5 Å². The maximum absolute atomic E-state index is 13.0. The van der Waals surface area contributed by atoms with Gasteiger partial charge in [0, 0.05) is 24.7 Å². The van der Waals surface area contributed by atoms with Crippen molar-refractivity contribution in [2.75, 3.05) is 13.3 Å². The number of rotatable bonds is 4. The first kappa shape index (κ1) is 17.8. The predicted molar refractivity (Wildman–Crippen MR) is 92.8 cm³/mol. The van der Waals surface area contributed by atoms with Crippen LogP contribution in [-0.4, -0.2) is 28.4 Å². The van der Waals surface area contributed by atoms with E-state index in [0.29, 0.717) is 18.5 Å². The van der Waals surface area contributed by atoms with Gasteiger partial charge in [-0.05, 0) is 23.3 Å². The SMILES string of the molecule is FC(F)(F)c1ccccc1CSC1=NCN(Cc2cccnc2)CN1. The van der Waals surface area contributed by atoms with E-state index >= 15 is 0 Å². The van der Waals surface area contributed by atoms with Gasteiger partial charge in [-0.15, -0.1) is 0 Å². The summed E-state index contributed by atoms with van der Waals surface area (Å²) < 4.78 is 39.0.